The minimum atomic E-state index is 0.287. The average molecular weight is 277 g/mol. The smallest absolute Gasteiger partial charge is 0.0921 e. The fraction of sp³-hybridized carbons (Fsp3) is 0.222. The molecule has 0 bridgehead atoms. The van der Waals surface area contributed by atoms with Crippen LogP contribution >= 0.6 is 0 Å². The molecule has 0 fully saturated rings. The van der Waals surface area contributed by atoms with Gasteiger partial charge in [0.15, 0.2) is 0 Å². The van der Waals surface area contributed by atoms with E-state index < -0.39 is 0 Å². The van der Waals surface area contributed by atoms with E-state index in [1.807, 2.05) is 18.6 Å². The molecule has 2 heterocycles. The molecule has 0 radical (unpaired) electrons. The van der Waals surface area contributed by atoms with Crippen LogP contribution in [0, 0.1) is 13.8 Å². The lowest BCUT2D eigenvalue weighted by Gasteiger charge is -2.19. The van der Waals surface area contributed by atoms with Crippen LogP contribution in [0.4, 0.5) is 0 Å². The van der Waals surface area contributed by atoms with Gasteiger partial charge in [-0.1, -0.05) is 18.2 Å². The molecule has 0 aliphatic heterocycles. The molecule has 0 aliphatic rings. The molecule has 0 saturated heterocycles. The van der Waals surface area contributed by atoms with Crippen LogP contribution in [0.25, 0.3) is 0 Å². The van der Waals surface area contributed by atoms with E-state index in [1.54, 1.807) is 6.33 Å². The minimum absolute atomic E-state index is 0.287. The zero-order chi connectivity index (χ0) is 14.7. The van der Waals surface area contributed by atoms with Gasteiger partial charge in [0.25, 0.3) is 0 Å². The van der Waals surface area contributed by atoms with Crippen LogP contribution < -0.4 is 0 Å². The Hall–Kier alpha value is -2.42. The number of imidazole rings is 1. The fourth-order valence-corrected chi connectivity index (χ4v) is 2.75. The lowest BCUT2D eigenvalue weighted by atomic mass is 9.86. The van der Waals surface area contributed by atoms with Gasteiger partial charge in [-0.3, -0.25) is 4.98 Å². The zero-order valence-corrected chi connectivity index (χ0v) is 12.4. The minimum Gasteiger partial charge on any atom is -0.348 e. The van der Waals surface area contributed by atoms with Crippen LogP contribution in [0.1, 0.15) is 33.9 Å². The molecular formula is C18H19N3. The Balaban J connectivity index is 2.03. The number of hydrogen-bond acceptors (Lipinski definition) is 2. The summed E-state index contributed by atoms with van der Waals surface area (Å²) >= 11 is 0. The molecule has 3 aromatic rings. The average Bonchev–Trinajstić information content (AvgIpc) is 3.03. The summed E-state index contributed by atoms with van der Waals surface area (Å²) in [6.45, 7) is 4.36. The van der Waals surface area contributed by atoms with Crippen molar-refractivity contribution in [1.29, 1.82) is 0 Å². The van der Waals surface area contributed by atoms with Gasteiger partial charge in [-0.2, -0.15) is 0 Å². The first kappa shape index (κ1) is 13.6. The Morgan fingerprint density at radius 3 is 2.57 bits per heavy atom. The molecular weight excluding hydrogens is 258 g/mol. The summed E-state index contributed by atoms with van der Waals surface area (Å²) in [6, 6.07) is 10.7. The molecule has 1 N–H and O–H groups in total. The Morgan fingerprint density at radius 2 is 1.86 bits per heavy atom. The molecule has 2 aromatic heterocycles. The second-order valence-electron chi connectivity index (χ2n) is 5.41. The predicted molar refractivity (Wildman–Crippen MR) is 84.3 cm³/mol. The van der Waals surface area contributed by atoms with Gasteiger partial charge in [-0.15, -0.1) is 0 Å². The molecule has 0 amide bonds. The molecule has 1 unspecified atom stereocenters. The van der Waals surface area contributed by atoms with Crippen molar-refractivity contribution >= 4 is 0 Å². The van der Waals surface area contributed by atoms with Gasteiger partial charge in [-0.25, -0.2) is 4.98 Å². The van der Waals surface area contributed by atoms with E-state index >= 15 is 0 Å². The summed E-state index contributed by atoms with van der Waals surface area (Å²) in [7, 11) is 0. The van der Waals surface area contributed by atoms with Crippen LogP contribution in [-0.4, -0.2) is 15.0 Å². The summed E-state index contributed by atoms with van der Waals surface area (Å²) in [5.74, 6) is 0.287. The first-order valence-corrected chi connectivity index (χ1v) is 7.19. The first-order valence-electron chi connectivity index (χ1n) is 7.19. The summed E-state index contributed by atoms with van der Waals surface area (Å²) < 4.78 is 0. The zero-order valence-electron chi connectivity index (χ0n) is 12.4. The molecule has 0 saturated carbocycles. The van der Waals surface area contributed by atoms with E-state index in [9.17, 15) is 0 Å². The highest BCUT2D eigenvalue weighted by Gasteiger charge is 2.18. The van der Waals surface area contributed by atoms with Crippen LogP contribution in [-0.2, 0) is 6.42 Å². The topological polar surface area (TPSA) is 41.6 Å². The Bertz CT molecular complexity index is 703. The predicted octanol–water partition coefficient (Wildman–Crippen LogP) is 3.80. The maximum absolute atomic E-state index is 4.19. The van der Waals surface area contributed by atoms with Gasteiger partial charge in [0.1, 0.15) is 0 Å². The third kappa shape index (κ3) is 2.87. The van der Waals surface area contributed by atoms with Crippen molar-refractivity contribution in [2.45, 2.75) is 26.2 Å². The van der Waals surface area contributed by atoms with E-state index in [1.165, 1.54) is 22.3 Å². The standard InChI is InChI=1S/C18H19N3/c1-13-4-3-5-16(14(13)2)17(18-11-20-12-21-18)10-15-6-8-19-9-7-15/h3-9,11-12,17H,10H2,1-2H3,(H,20,21). The van der Waals surface area contributed by atoms with Crippen molar-refractivity contribution < 1.29 is 0 Å². The van der Waals surface area contributed by atoms with Crippen molar-refractivity contribution in [1.82, 2.24) is 15.0 Å². The van der Waals surface area contributed by atoms with Gasteiger partial charge in [0.05, 0.1) is 6.33 Å². The van der Waals surface area contributed by atoms with Crippen LogP contribution in [0.5, 0.6) is 0 Å². The van der Waals surface area contributed by atoms with Gasteiger partial charge in [-0.05, 0) is 54.7 Å². The lowest BCUT2D eigenvalue weighted by Crippen LogP contribution is -2.08. The third-order valence-corrected chi connectivity index (χ3v) is 4.11. The highest BCUT2D eigenvalue weighted by molar-refractivity contribution is 5.40. The number of pyridine rings is 1. The number of rotatable bonds is 4. The van der Waals surface area contributed by atoms with Crippen molar-refractivity contribution in [2.75, 3.05) is 0 Å². The second kappa shape index (κ2) is 5.92. The van der Waals surface area contributed by atoms with Crippen molar-refractivity contribution in [2.24, 2.45) is 0 Å². The Kier molecular flexibility index (Phi) is 3.82. The molecule has 3 nitrogen and oxygen atoms in total. The third-order valence-electron chi connectivity index (χ3n) is 4.11. The summed E-state index contributed by atoms with van der Waals surface area (Å²) in [6.07, 6.45) is 8.31. The van der Waals surface area contributed by atoms with E-state index in [0.29, 0.717) is 0 Å². The van der Waals surface area contributed by atoms with E-state index in [0.717, 1.165) is 12.1 Å². The number of H-pyrrole nitrogens is 1. The summed E-state index contributed by atoms with van der Waals surface area (Å²) in [5.41, 5.74) is 6.47. The Morgan fingerprint density at radius 1 is 1.05 bits per heavy atom. The molecule has 1 aromatic carbocycles. The normalized spacial score (nSPS) is 12.3. The number of aryl methyl sites for hydroxylation is 1. The van der Waals surface area contributed by atoms with Gasteiger partial charge < -0.3 is 4.98 Å². The van der Waals surface area contributed by atoms with Crippen LogP contribution in [0.15, 0.2) is 55.2 Å². The highest BCUT2D eigenvalue weighted by Crippen LogP contribution is 2.30. The van der Waals surface area contributed by atoms with E-state index in [-0.39, 0.29) is 5.92 Å². The molecule has 21 heavy (non-hydrogen) atoms. The van der Waals surface area contributed by atoms with E-state index in [4.69, 9.17) is 0 Å². The van der Waals surface area contributed by atoms with Gasteiger partial charge in [0.2, 0.25) is 0 Å². The van der Waals surface area contributed by atoms with Crippen LogP contribution in [0.2, 0.25) is 0 Å². The van der Waals surface area contributed by atoms with E-state index in [2.05, 4.69) is 59.1 Å². The monoisotopic (exact) mass is 277 g/mol. The molecule has 3 rings (SSSR count). The van der Waals surface area contributed by atoms with Crippen LogP contribution in [0.3, 0.4) is 0 Å². The first-order chi connectivity index (χ1) is 10.3. The maximum atomic E-state index is 4.19. The number of hydrogen-bond donors (Lipinski definition) is 1. The molecule has 106 valence electrons. The second-order valence-corrected chi connectivity index (χ2v) is 5.41. The fourth-order valence-electron chi connectivity index (χ4n) is 2.75. The number of aromatic amines is 1. The number of nitrogens with one attached hydrogen (secondary N) is 1. The number of nitrogens with zero attached hydrogens (tertiary/aromatic N) is 2. The lowest BCUT2D eigenvalue weighted by molar-refractivity contribution is 0.771. The molecule has 3 heteroatoms. The summed E-state index contributed by atoms with van der Waals surface area (Å²) in [4.78, 5) is 11.6. The van der Waals surface area contributed by atoms with Gasteiger partial charge in [0, 0.05) is 30.2 Å². The van der Waals surface area contributed by atoms with Crippen molar-refractivity contribution in [3.8, 4) is 0 Å². The quantitative estimate of drug-likeness (QED) is 0.788. The number of benzene rings is 1. The molecule has 0 spiro atoms. The highest BCUT2D eigenvalue weighted by atomic mass is 14.9. The van der Waals surface area contributed by atoms with Crippen molar-refractivity contribution in [3.63, 3.8) is 0 Å². The summed E-state index contributed by atoms with van der Waals surface area (Å²) in [5, 5.41) is 0. The maximum Gasteiger partial charge on any atom is 0.0921 e. The Labute approximate surface area is 125 Å². The molecule has 0 aliphatic carbocycles. The van der Waals surface area contributed by atoms with Crippen molar-refractivity contribution in [3.05, 3.63) is 83.2 Å². The number of aromatic nitrogens is 3. The molecule has 1 atom stereocenters. The largest absolute Gasteiger partial charge is 0.348 e. The SMILES string of the molecule is Cc1cccc(C(Cc2ccncc2)c2cnc[nH]2)c1C. The van der Waals surface area contributed by atoms with Gasteiger partial charge >= 0.3 is 0 Å².